The van der Waals surface area contributed by atoms with Gasteiger partial charge in [-0.2, -0.15) is 0 Å². The Kier molecular flexibility index (Phi) is 6.46. The number of carbonyl (C=O) groups excluding carboxylic acids is 3. The van der Waals surface area contributed by atoms with Gasteiger partial charge in [-0.3, -0.25) is 14.9 Å². The van der Waals surface area contributed by atoms with E-state index < -0.39 is 24.5 Å². The molecular weight excluding hydrogens is 356 g/mol. The van der Waals surface area contributed by atoms with Crippen molar-refractivity contribution < 1.29 is 23.9 Å². The van der Waals surface area contributed by atoms with Gasteiger partial charge in [-0.15, -0.1) is 11.3 Å². The van der Waals surface area contributed by atoms with Crippen molar-refractivity contribution in [3.63, 3.8) is 0 Å². The topological polar surface area (TPSA) is 94.6 Å². The molecule has 1 aromatic heterocycles. The van der Waals surface area contributed by atoms with Gasteiger partial charge in [-0.05, 0) is 31.9 Å². The van der Waals surface area contributed by atoms with E-state index >= 15 is 0 Å². The molecule has 0 fully saturated rings. The minimum absolute atomic E-state index is 0.0316. The zero-order valence-corrected chi connectivity index (χ0v) is 15.9. The molecule has 26 heavy (non-hydrogen) atoms. The monoisotopic (exact) mass is 376 g/mol. The number of benzene rings is 1. The number of thiazole rings is 1. The van der Waals surface area contributed by atoms with E-state index in [1.807, 2.05) is 32.9 Å². The molecule has 0 aliphatic rings. The van der Waals surface area contributed by atoms with Gasteiger partial charge in [0.05, 0.1) is 24.8 Å². The summed E-state index contributed by atoms with van der Waals surface area (Å²) in [6, 6.07) is 3.78. The minimum Gasteiger partial charge on any atom is -0.469 e. The van der Waals surface area contributed by atoms with Crippen molar-refractivity contribution in [2.45, 2.75) is 27.2 Å². The Hall–Kier alpha value is -2.74. The van der Waals surface area contributed by atoms with Crippen molar-refractivity contribution >= 4 is 34.3 Å². The molecular formula is C18H20N2O5S. The van der Waals surface area contributed by atoms with Crippen molar-refractivity contribution in [1.82, 2.24) is 4.98 Å². The Morgan fingerprint density at radius 1 is 1.15 bits per heavy atom. The predicted molar refractivity (Wildman–Crippen MR) is 97.4 cm³/mol. The summed E-state index contributed by atoms with van der Waals surface area (Å²) in [6.45, 7) is 5.19. The Bertz CT molecular complexity index is 821. The summed E-state index contributed by atoms with van der Waals surface area (Å²) in [5.41, 5.74) is 3.64. The smallest absolute Gasteiger partial charge is 0.339 e. The number of aromatic nitrogens is 1. The van der Waals surface area contributed by atoms with Crippen molar-refractivity contribution in [3.05, 3.63) is 45.5 Å². The number of hydrogen-bond acceptors (Lipinski definition) is 7. The second-order valence-electron chi connectivity index (χ2n) is 5.79. The van der Waals surface area contributed by atoms with Crippen LogP contribution in [-0.2, 0) is 25.5 Å². The van der Waals surface area contributed by atoms with Gasteiger partial charge in [0.25, 0.3) is 5.91 Å². The molecule has 2 rings (SSSR count). The van der Waals surface area contributed by atoms with E-state index in [0.717, 1.165) is 16.7 Å². The summed E-state index contributed by atoms with van der Waals surface area (Å²) in [5.74, 6) is -1.45. The van der Waals surface area contributed by atoms with Crippen LogP contribution < -0.4 is 5.32 Å². The number of hydrogen-bond donors (Lipinski definition) is 1. The Labute approximate surface area is 155 Å². The van der Waals surface area contributed by atoms with Gasteiger partial charge in [-0.1, -0.05) is 17.7 Å². The van der Waals surface area contributed by atoms with Crippen LogP contribution in [-0.4, -0.2) is 36.5 Å². The summed E-state index contributed by atoms with van der Waals surface area (Å²) in [7, 11) is 1.29. The van der Waals surface area contributed by atoms with Crippen LogP contribution in [0.25, 0.3) is 0 Å². The molecule has 0 saturated heterocycles. The van der Waals surface area contributed by atoms with Crippen molar-refractivity contribution in [1.29, 1.82) is 0 Å². The van der Waals surface area contributed by atoms with Crippen molar-refractivity contribution in [2.75, 3.05) is 19.0 Å². The second kappa shape index (κ2) is 8.57. The lowest BCUT2D eigenvalue weighted by molar-refractivity contribution is -0.139. The highest BCUT2D eigenvalue weighted by molar-refractivity contribution is 7.13. The normalized spacial score (nSPS) is 10.3. The number of nitrogens with zero attached hydrogens (tertiary/aromatic N) is 1. The zero-order valence-electron chi connectivity index (χ0n) is 15.0. The highest BCUT2D eigenvalue weighted by Gasteiger charge is 2.16. The maximum absolute atomic E-state index is 12.2. The molecule has 0 aliphatic heterocycles. The summed E-state index contributed by atoms with van der Waals surface area (Å²) in [5, 5.41) is 4.51. The lowest BCUT2D eigenvalue weighted by Crippen LogP contribution is -2.21. The molecule has 8 heteroatoms. The van der Waals surface area contributed by atoms with Gasteiger partial charge in [-0.25, -0.2) is 9.78 Å². The van der Waals surface area contributed by atoms with Crippen LogP contribution in [0.15, 0.2) is 17.5 Å². The first-order valence-electron chi connectivity index (χ1n) is 7.86. The van der Waals surface area contributed by atoms with Crippen LogP contribution in [0.4, 0.5) is 5.13 Å². The number of anilines is 1. The molecule has 1 N–H and O–H groups in total. The molecule has 0 radical (unpaired) electrons. The molecule has 0 bridgehead atoms. The summed E-state index contributed by atoms with van der Waals surface area (Å²) >= 11 is 1.18. The standard InChI is InChI=1S/C18H20N2O5S/c1-10-5-11(2)16(12(3)6-10)17(23)25-8-14(21)20-18-19-13(9-26-18)7-15(22)24-4/h5-6,9H,7-8H2,1-4H3,(H,19,20,21). The first-order valence-corrected chi connectivity index (χ1v) is 8.74. The zero-order chi connectivity index (χ0) is 19.3. The van der Waals surface area contributed by atoms with E-state index in [2.05, 4.69) is 15.0 Å². The van der Waals surface area contributed by atoms with Crippen molar-refractivity contribution in [3.8, 4) is 0 Å². The van der Waals surface area contributed by atoms with Gasteiger partial charge in [0.2, 0.25) is 0 Å². The minimum atomic E-state index is -0.541. The number of nitrogens with one attached hydrogen (secondary N) is 1. The number of rotatable bonds is 6. The molecule has 1 heterocycles. The summed E-state index contributed by atoms with van der Waals surface area (Å²) < 4.78 is 9.66. The number of esters is 2. The van der Waals surface area contributed by atoms with Crippen LogP contribution in [0.1, 0.15) is 32.7 Å². The van der Waals surface area contributed by atoms with Crippen LogP contribution in [0.3, 0.4) is 0 Å². The fourth-order valence-electron chi connectivity index (χ4n) is 2.53. The highest BCUT2D eigenvalue weighted by Crippen LogP contribution is 2.18. The Morgan fingerprint density at radius 2 is 1.81 bits per heavy atom. The number of methoxy groups -OCH3 is 1. The van der Waals surface area contributed by atoms with Crippen molar-refractivity contribution in [2.24, 2.45) is 0 Å². The second-order valence-corrected chi connectivity index (χ2v) is 6.65. The third kappa shape index (κ3) is 5.13. The first kappa shape index (κ1) is 19.6. The van der Waals surface area contributed by atoms with E-state index in [1.54, 1.807) is 5.38 Å². The predicted octanol–water partition coefficient (Wildman–Crippen LogP) is 2.58. The highest BCUT2D eigenvalue weighted by atomic mass is 32.1. The first-order chi connectivity index (χ1) is 12.3. The van der Waals surface area contributed by atoms with Crippen LogP contribution in [0.5, 0.6) is 0 Å². The molecule has 2 aromatic rings. The molecule has 0 spiro atoms. The van der Waals surface area contributed by atoms with E-state index in [1.165, 1.54) is 18.4 Å². The number of aryl methyl sites for hydroxylation is 3. The Balaban J connectivity index is 1.91. The van der Waals surface area contributed by atoms with E-state index in [9.17, 15) is 14.4 Å². The molecule has 0 aliphatic carbocycles. The number of carbonyl (C=O) groups is 3. The maximum atomic E-state index is 12.2. The van der Waals surface area contributed by atoms with E-state index in [0.29, 0.717) is 16.4 Å². The molecule has 1 amide bonds. The van der Waals surface area contributed by atoms with Gasteiger partial charge < -0.3 is 9.47 Å². The number of amides is 1. The Morgan fingerprint density at radius 3 is 2.42 bits per heavy atom. The van der Waals surface area contributed by atoms with Crippen LogP contribution in [0, 0.1) is 20.8 Å². The van der Waals surface area contributed by atoms with Crippen LogP contribution >= 0.6 is 11.3 Å². The third-order valence-electron chi connectivity index (χ3n) is 3.57. The van der Waals surface area contributed by atoms with Gasteiger partial charge in [0.15, 0.2) is 11.7 Å². The average Bonchev–Trinajstić information content (AvgIpc) is 2.98. The molecule has 0 atom stereocenters. The molecule has 0 unspecified atom stereocenters. The van der Waals surface area contributed by atoms with Gasteiger partial charge in [0, 0.05) is 5.38 Å². The lowest BCUT2D eigenvalue weighted by Gasteiger charge is -2.10. The average molecular weight is 376 g/mol. The number of ether oxygens (including phenoxy) is 2. The SMILES string of the molecule is COC(=O)Cc1csc(NC(=O)COC(=O)c2c(C)cc(C)cc2C)n1. The fraction of sp³-hybridized carbons (Fsp3) is 0.333. The quantitative estimate of drug-likeness (QED) is 0.779. The molecule has 138 valence electrons. The van der Waals surface area contributed by atoms with Gasteiger partial charge >= 0.3 is 11.9 Å². The maximum Gasteiger partial charge on any atom is 0.339 e. The molecule has 7 nitrogen and oxygen atoms in total. The van der Waals surface area contributed by atoms with E-state index in [-0.39, 0.29) is 6.42 Å². The van der Waals surface area contributed by atoms with Gasteiger partial charge in [0.1, 0.15) is 0 Å². The fourth-order valence-corrected chi connectivity index (χ4v) is 3.25. The molecule has 0 saturated carbocycles. The van der Waals surface area contributed by atoms with Crippen LogP contribution in [0.2, 0.25) is 0 Å². The largest absolute Gasteiger partial charge is 0.469 e. The van der Waals surface area contributed by atoms with E-state index in [4.69, 9.17) is 4.74 Å². The lowest BCUT2D eigenvalue weighted by atomic mass is 10.00. The molecule has 1 aromatic carbocycles. The summed E-state index contributed by atoms with van der Waals surface area (Å²) in [4.78, 5) is 39.5. The summed E-state index contributed by atoms with van der Waals surface area (Å²) in [6.07, 6.45) is 0.0316. The third-order valence-corrected chi connectivity index (χ3v) is 4.37.